The van der Waals surface area contributed by atoms with Crippen LogP contribution in [0.25, 0.3) is 0 Å². The Labute approximate surface area is 80.8 Å². The van der Waals surface area contributed by atoms with Gasteiger partial charge in [-0.1, -0.05) is 0 Å². The predicted octanol–water partition coefficient (Wildman–Crippen LogP) is 1.90. The van der Waals surface area contributed by atoms with E-state index in [2.05, 4.69) is 4.98 Å². The molecular weight excluding hydrogens is 189 g/mol. The number of carboxylic acids is 1. The van der Waals surface area contributed by atoms with E-state index >= 15 is 0 Å². The van der Waals surface area contributed by atoms with Crippen LogP contribution in [0.4, 0.5) is 4.39 Å². The van der Waals surface area contributed by atoms with E-state index in [1.165, 1.54) is 20.0 Å². The van der Waals surface area contributed by atoms with E-state index in [1.54, 1.807) is 0 Å². The van der Waals surface area contributed by atoms with E-state index in [9.17, 15) is 9.18 Å². The van der Waals surface area contributed by atoms with Crippen molar-refractivity contribution in [3.63, 3.8) is 0 Å². The summed E-state index contributed by atoms with van der Waals surface area (Å²) in [6, 6.07) is 0. The number of aliphatic carboxylic acids is 1. The van der Waals surface area contributed by atoms with Gasteiger partial charge in [-0.05, 0) is 13.8 Å². The maximum absolute atomic E-state index is 13.3. The molecule has 1 aromatic heterocycles. The third-order valence-corrected chi connectivity index (χ3v) is 1.69. The molecule has 0 radical (unpaired) electrons. The van der Waals surface area contributed by atoms with Gasteiger partial charge in [-0.3, -0.25) is 4.79 Å². The van der Waals surface area contributed by atoms with Gasteiger partial charge < -0.3 is 9.52 Å². The fourth-order valence-electron chi connectivity index (χ4n) is 0.915. The predicted molar refractivity (Wildman–Crippen MR) is 46.6 cm³/mol. The number of aromatic nitrogens is 1. The zero-order valence-electron chi connectivity index (χ0n) is 8.08. The molecule has 1 rings (SSSR count). The lowest BCUT2D eigenvalue weighted by Gasteiger charge is -2.08. The smallest absolute Gasteiger partial charge is 0.303 e. The number of alkyl halides is 1. The summed E-state index contributed by atoms with van der Waals surface area (Å²) < 4.78 is 18.3. The molecule has 0 aliphatic carbocycles. The Bertz CT molecular complexity index is 327. The van der Waals surface area contributed by atoms with E-state index in [4.69, 9.17) is 9.52 Å². The van der Waals surface area contributed by atoms with Crippen LogP contribution >= 0.6 is 0 Å². The lowest BCUT2D eigenvalue weighted by Crippen LogP contribution is -2.06. The first-order valence-corrected chi connectivity index (χ1v) is 4.25. The van der Waals surface area contributed by atoms with Gasteiger partial charge in [0.15, 0.2) is 17.3 Å². The van der Waals surface area contributed by atoms with Crippen molar-refractivity contribution in [2.45, 2.75) is 32.4 Å². The van der Waals surface area contributed by atoms with Gasteiger partial charge in [0.05, 0.1) is 12.6 Å². The summed E-state index contributed by atoms with van der Waals surface area (Å²) in [5, 5.41) is 8.40. The zero-order chi connectivity index (χ0) is 10.8. The topological polar surface area (TPSA) is 63.3 Å². The molecule has 1 heterocycles. The summed E-state index contributed by atoms with van der Waals surface area (Å²) in [6.45, 7) is 2.71. The minimum absolute atomic E-state index is 0.0628. The highest BCUT2D eigenvalue weighted by Crippen LogP contribution is 2.25. The van der Waals surface area contributed by atoms with E-state index in [-0.39, 0.29) is 24.5 Å². The molecule has 4 nitrogen and oxygen atoms in total. The molecule has 1 aromatic rings. The van der Waals surface area contributed by atoms with Gasteiger partial charge in [0, 0.05) is 6.42 Å². The normalized spacial score (nSPS) is 11.6. The second-order valence-corrected chi connectivity index (χ2v) is 3.48. The molecule has 0 fully saturated rings. The van der Waals surface area contributed by atoms with Crippen LogP contribution in [-0.2, 0) is 16.9 Å². The quantitative estimate of drug-likeness (QED) is 0.808. The molecule has 5 heteroatoms. The minimum atomic E-state index is -1.57. The zero-order valence-corrected chi connectivity index (χ0v) is 8.08. The van der Waals surface area contributed by atoms with Crippen LogP contribution in [0, 0.1) is 0 Å². The number of hydrogen-bond acceptors (Lipinski definition) is 3. The fourth-order valence-corrected chi connectivity index (χ4v) is 0.915. The van der Waals surface area contributed by atoms with Crippen LogP contribution in [0.2, 0.25) is 0 Å². The molecular formula is C9H12FNO3. The van der Waals surface area contributed by atoms with Crippen LogP contribution in [-0.4, -0.2) is 16.1 Å². The molecule has 0 aliphatic heterocycles. The van der Waals surface area contributed by atoms with Gasteiger partial charge in [0.1, 0.15) is 0 Å². The van der Waals surface area contributed by atoms with Gasteiger partial charge >= 0.3 is 5.97 Å². The number of rotatable bonds is 4. The highest BCUT2D eigenvalue weighted by molar-refractivity contribution is 5.66. The Morgan fingerprint density at radius 3 is 2.79 bits per heavy atom. The summed E-state index contributed by atoms with van der Waals surface area (Å²) in [7, 11) is 0. The van der Waals surface area contributed by atoms with Gasteiger partial charge in [-0.25, -0.2) is 9.37 Å². The summed E-state index contributed by atoms with van der Waals surface area (Å²) in [4.78, 5) is 14.0. The van der Waals surface area contributed by atoms with Crippen molar-refractivity contribution in [3.05, 3.63) is 17.8 Å². The maximum atomic E-state index is 13.3. The molecule has 78 valence electrons. The Balaban J connectivity index is 2.64. The number of carbonyl (C=O) groups is 1. The lowest BCUT2D eigenvalue weighted by molar-refractivity contribution is -0.137. The first-order valence-electron chi connectivity index (χ1n) is 4.25. The number of carboxylic acid groups (broad SMARTS) is 1. The SMILES string of the molecule is CC(C)(F)c1cnc(CCC(=O)O)o1. The van der Waals surface area contributed by atoms with E-state index in [1.807, 2.05) is 0 Å². The Kier molecular flexibility index (Phi) is 2.88. The highest BCUT2D eigenvalue weighted by Gasteiger charge is 2.23. The van der Waals surface area contributed by atoms with Crippen molar-refractivity contribution < 1.29 is 18.7 Å². The van der Waals surface area contributed by atoms with Gasteiger partial charge in [-0.15, -0.1) is 0 Å². The van der Waals surface area contributed by atoms with Crippen molar-refractivity contribution in [2.24, 2.45) is 0 Å². The first kappa shape index (κ1) is 10.7. The Morgan fingerprint density at radius 2 is 2.36 bits per heavy atom. The van der Waals surface area contributed by atoms with Crippen molar-refractivity contribution in [2.75, 3.05) is 0 Å². The van der Waals surface area contributed by atoms with Crippen LogP contribution in [0.5, 0.6) is 0 Å². The Morgan fingerprint density at radius 1 is 1.71 bits per heavy atom. The number of oxazole rings is 1. The molecule has 0 saturated carbocycles. The molecule has 1 N–H and O–H groups in total. The first-order chi connectivity index (χ1) is 6.39. The number of hydrogen-bond donors (Lipinski definition) is 1. The summed E-state index contributed by atoms with van der Waals surface area (Å²) >= 11 is 0. The molecule has 0 bridgehead atoms. The summed E-state index contributed by atoms with van der Waals surface area (Å²) in [5.74, 6) is -0.546. The molecule has 0 saturated heterocycles. The third kappa shape index (κ3) is 2.83. The number of nitrogens with zero attached hydrogens (tertiary/aromatic N) is 1. The molecule has 0 aromatic carbocycles. The second kappa shape index (κ2) is 3.77. The van der Waals surface area contributed by atoms with E-state index < -0.39 is 11.6 Å². The number of halogens is 1. The van der Waals surface area contributed by atoms with Gasteiger partial charge in [0.2, 0.25) is 0 Å². The Hall–Kier alpha value is -1.39. The van der Waals surface area contributed by atoms with Crippen LogP contribution in [0.3, 0.4) is 0 Å². The maximum Gasteiger partial charge on any atom is 0.303 e. The minimum Gasteiger partial charge on any atom is -0.481 e. The molecule has 0 spiro atoms. The molecule has 0 atom stereocenters. The highest BCUT2D eigenvalue weighted by atomic mass is 19.1. The average molecular weight is 201 g/mol. The van der Waals surface area contributed by atoms with Crippen LogP contribution in [0.1, 0.15) is 31.9 Å². The fraction of sp³-hybridized carbons (Fsp3) is 0.556. The molecule has 14 heavy (non-hydrogen) atoms. The van der Waals surface area contributed by atoms with E-state index in [0.717, 1.165) is 0 Å². The third-order valence-electron chi connectivity index (χ3n) is 1.69. The van der Waals surface area contributed by atoms with E-state index in [0.29, 0.717) is 0 Å². The van der Waals surface area contributed by atoms with Crippen molar-refractivity contribution >= 4 is 5.97 Å². The van der Waals surface area contributed by atoms with Gasteiger partial charge in [-0.2, -0.15) is 0 Å². The monoisotopic (exact) mass is 201 g/mol. The van der Waals surface area contributed by atoms with Crippen molar-refractivity contribution in [1.29, 1.82) is 0 Å². The molecule has 0 aliphatic rings. The summed E-state index contributed by atoms with van der Waals surface area (Å²) in [5.41, 5.74) is -1.57. The van der Waals surface area contributed by atoms with Crippen molar-refractivity contribution in [1.82, 2.24) is 4.98 Å². The number of aryl methyl sites for hydroxylation is 1. The molecule has 0 unspecified atom stereocenters. The largest absolute Gasteiger partial charge is 0.481 e. The van der Waals surface area contributed by atoms with Crippen LogP contribution in [0.15, 0.2) is 10.6 Å². The molecule has 0 amide bonds. The van der Waals surface area contributed by atoms with Gasteiger partial charge in [0.25, 0.3) is 0 Å². The average Bonchev–Trinajstić information content (AvgIpc) is 2.47. The van der Waals surface area contributed by atoms with Crippen LogP contribution < -0.4 is 0 Å². The summed E-state index contributed by atoms with van der Waals surface area (Å²) in [6.07, 6.45) is 1.41. The standard InChI is InChI=1S/C9H12FNO3/c1-9(2,10)6-5-11-7(14-6)3-4-8(12)13/h5H,3-4H2,1-2H3,(H,12,13). The lowest BCUT2D eigenvalue weighted by atomic mass is 10.1. The van der Waals surface area contributed by atoms with Crippen molar-refractivity contribution in [3.8, 4) is 0 Å². The second-order valence-electron chi connectivity index (χ2n) is 3.48.